The maximum Gasteiger partial charge on any atom is 0.0211 e. The van der Waals surface area contributed by atoms with Gasteiger partial charge in [0.05, 0.1) is 0 Å². The van der Waals surface area contributed by atoms with Gasteiger partial charge < -0.3 is 5.32 Å². The normalized spacial score (nSPS) is 21.5. The van der Waals surface area contributed by atoms with E-state index in [1.54, 1.807) is 11.1 Å². The topological polar surface area (TPSA) is 12.0 Å². The smallest absolute Gasteiger partial charge is 0.0211 e. The van der Waals surface area contributed by atoms with Crippen molar-refractivity contribution in [2.45, 2.75) is 64.0 Å². The Labute approximate surface area is 105 Å². The first-order valence-corrected chi connectivity index (χ1v) is 7.07. The SMILES string of the molecule is CCC1(c2cc(C)ccc2CNC2CC2)CC1. The van der Waals surface area contributed by atoms with Gasteiger partial charge in [-0.2, -0.15) is 0 Å². The Kier molecular flexibility index (Phi) is 2.74. The van der Waals surface area contributed by atoms with Crippen molar-refractivity contribution in [1.82, 2.24) is 5.32 Å². The minimum atomic E-state index is 0.534. The summed E-state index contributed by atoms with van der Waals surface area (Å²) in [5.41, 5.74) is 5.12. The van der Waals surface area contributed by atoms with Crippen LogP contribution >= 0.6 is 0 Å². The molecule has 0 heterocycles. The van der Waals surface area contributed by atoms with Crippen molar-refractivity contribution in [3.8, 4) is 0 Å². The fraction of sp³-hybridized carbons (Fsp3) is 0.625. The number of benzene rings is 1. The summed E-state index contributed by atoms with van der Waals surface area (Å²) in [6, 6.07) is 7.84. The van der Waals surface area contributed by atoms with Gasteiger partial charge in [0, 0.05) is 12.6 Å². The Morgan fingerprint density at radius 3 is 2.65 bits per heavy atom. The first-order chi connectivity index (χ1) is 8.23. The highest BCUT2D eigenvalue weighted by molar-refractivity contribution is 5.41. The molecule has 0 radical (unpaired) electrons. The average molecular weight is 229 g/mol. The second-order valence-electron chi connectivity index (χ2n) is 5.95. The highest BCUT2D eigenvalue weighted by Gasteiger charge is 2.43. The molecule has 0 amide bonds. The molecule has 92 valence electrons. The Morgan fingerprint density at radius 2 is 2.06 bits per heavy atom. The van der Waals surface area contributed by atoms with Crippen LogP contribution in [-0.2, 0) is 12.0 Å². The molecule has 2 fully saturated rings. The maximum atomic E-state index is 3.66. The summed E-state index contributed by atoms with van der Waals surface area (Å²) in [5.74, 6) is 0. The molecule has 0 atom stereocenters. The van der Waals surface area contributed by atoms with Gasteiger partial charge in [-0.3, -0.25) is 0 Å². The van der Waals surface area contributed by atoms with Crippen molar-refractivity contribution in [1.29, 1.82) is 0 Å². The van der Waals surface area contributed by atoms with Crippen molar-refractivity contribution in [3.63, 3.8) is 0 Å². The molecule has 1 N–H and O–H groups in total. The number of aryl methyl sites for hydroxylation is 1. The molecule has 3 rings (SSSR count). The fourth-order valence-corrected chi connectivity index (χ4v) is 2.84. The Balaban J connectivity index is 1.84. The molecular formula is C16H23N. The molecule has 2 saturated carbocycles. The third-order valence-corrected chi connectivity index (χ3v) is 4.53. The van der Waals surface area contributed by atoms with E-state index in [4.69, 9.17) is 0 Å². The lowest BCUT2D eigenvalue weighted by atomic mass is 9.88. The van der Waals surface area contributed by atoms with E-state index in [2.05, 4.69) is 37.4 Å². The quantitative estimate of drug-likeness (QED) is 0.812. The van der Waals surface area contributed by atoms with E-state index in [0.29, 0.717) is 5.41 Å². The number of rotatable bonds is 5. The molecule has 0 aromatic heterocycles. The summed E-state index contributed by atoms with van der Waals surface area (Å²) >= 11 is 0. The molecule has 1 aromatic carbocycles. The summed E-state index contributed by atoms with van der Waals surface area (Å²) in [7, 11) is 0. The summed E-state index contributed by atoms with van der Waals surface area (Å²) in [6.45, 7) is 5.63. The summed E-state index contributed by atoms with van der Waals surface area (Å²) in [4.78, 5) is 0. The zero-order chi connectivity index (χ0) is 11.9. The first kappa shape index (κ1) is 11.3. The van der Waals surface area contributed by atoms with E-state index in [1.807, 2.05) is 0 Å². The van der Waals surface area contributed by atoms with Gasteiger partial charge in [-0.25, -0.2) is 0 Å². The van der Waals surface area contributed by atoms with Gasteiger partial charge in [-0.1, -0.05) is 30.7 Å². The van der Waals surface area contributed by atoms with Crippen LogP contribution in [0.2, 0.25) is 0 Å². The van der Waals surface area contributed by atoms with Gasteiger partial charge >= 0.3 is 0 Å². The van der Waals surface area contributed by atoms with Crippen LogP contribution in [0.4, 0.5) is 0 Å². The van der Waals surface area contributed by atoms with Gasteiger partial charge in [0.15, 0.2) is 0 Å². The molecule has 0 saturated heterocycles. The van der Waals surface area contributed by atoms with Crippen molar-refractivity contribution in [3.05, 3.63) is 34.9 Å². The van der Waals surface area contributed by atoms with E-state index < -0.39 is 0 Å². The minimum absolute atomic E-state index is 0.534. The molecule has 0 aliphatic heterocycles. The van der Waals surface area contributed by atoms with Gasteiger partial charge in [0.1, 0.15) is 0 Å². The van der Waals surface area contributed by atoms with Crippen molar-refractivity contribution < 1.29 is 0 Å². The van der Waals surface area contributed by atoms with Crippen LogP contribution in [0.1, 0.15) is 55.7 Å². The Hall–Kier alpha value is -0.820. The van der Waals surface area contributed by atoms with Crippen LogP contribution in [0.15, 0.2) is 18.2 Å². The highest BCUT2D eigenvalue weighted by atomic mass is 14.9. The zero-order valence-electron chi connectivity index (χ0n) is 11.1. The second kappa shape index (κ2) is 4.13. The van der Waals surface area contributed by atoms with E-state index in [1.165, 1.54) is 37.7 Å². The summed E-state index contributed by atoms with van der Waals surface area (Å²) < 4.78 is 0. The largest absolute Gasteiger partial charge is 0.310 e. The summed E-state index contributed by atoms with van der Waals surface area (Å²) in [6.07, 6.45) is 6.83. The standard InChI is InChI=1S/C16H23N/c1-3-16(8-9-16)15-10-12(2)4-5-13(15)11-17-14-6-7-14/h4-5,10,14,17H,3,6-9,11H2,1-2H3. The fourth-order valence-electron chi connectivity index (χ4n) is 2.84. The lowest BCUT2D eigenvalue weighted by molar-refractivity contribution is 0.630. The molecule has 0 spiro atoms. The monoisotopic (exact) mass is 229 g/mol. The molecule has 1 aromatic rings. The molecule has 1 nitrogen and oxygen atoms in total. The maximum absolute atomic E-state index is 3.66. The zero-order valence-corrected chi connectivity index (χ0v) is 11.1. The van der Waals surface area contributed by atoms with E-state index >= 15 is 0 Å². The van der Waals surface area contributed by atoms with Gasteiger partial charge in [0.2, 0.25) is 0 Å². The van der Waals surface area contributed by atoms with Crippen LogP contribution in [-0.4, -0.2) is 6.04 Å². The van der Waals surface area contributed by atoms with Crippen molar-refractivity contribution in [2.24, 2.45) is 0 Å². The van der Waals surface area contributed by atoms with Gasteiger partial charge in [-0.05, 0) is 55.6 Å². The van der Waals surface area contributed by atoms with Gasteiger partial charge in [0.25, 0.3) is 0 Å². The van der Waals surface area contributed by atoms with Crippen LogP contribution in [0.3, 0.4) is 0 Å². The third-order valence-electron chi connectivity index (χ3n) is 4.53. The molecule has 2 aliphatic rings. The molecule has 1 heteroatoms. The third kappa shape index (κ3) is 2.26. The lowest BCUT2D eigenvalue weighted by Gasteiger charge is -2.19. The average Bonchev–Trinajstić information content (AvgIpc) is 3.22. The number of nitrogens with one attached hydrogen (secondary N) is 1. The van der Waals surface area contributed by atoms with Crippen LogP contribution in [0.5, 0.6) is 0 Å². The van der Waals surface area contributed by atoms with Crippen LogP contribution < -0.4 is 5.32 Å². The minimum Gasteiger partial charge on any atom is -0.310 e. The van der Waals surface area contributed by atoms with E-state index in [-0.39, 0.29) is 0 Å². The highest BCUT2D eigenvalue weighted by Crippen LogP contribution is 2.52. The molecular weight excluding hydrogens is 206 g/mol. The van der Waals surface area contributed by atoms with Crippen LogP contribution in [0.25, 0.3) is 0 Å². The predicted molar refractivity (Wildman–Crippen MR) is 72.2 cm³/mol. The Bertz CT molecular complexity index is 414. The number of hydrogen-bond acceptors (Lipinski definition) is 1. The summed E-state index contributed by atoms with van der Waals surface area (Å²) in [5, 5.41) is 3.66. The molecule has 17 heavy (non-hydrogen) atoms. The van der Waals surface area contributed by atoms with E-state index in [0.717, 1.165) is 12.6 Å². The lowest BCUT2D eigenvalue weighted by Crippen LogP contribution is -2.19. The molecule has 0 bridgehead atoms. The van der Waals surface area contributed by atoms with Crippen molar-refractivity contribution >= 4 is 0 Å². The first-order valence-electron chi connectivity index (χ1n) is 7.07. The van der Waals surface area contributed by atoms with Gasteiger partial charge in [-0.15, -0.1) is 0 Å². The van der Waals surface area contributed by atoms with Crippen molar-refractivity contribution in [2.75, 3.05) is 0 Å². The molecule has 0 unspecified atom stereocenters. The molecule has 2 aliphatic carbocycles. The Morgan fingerprint density at radius 1 is 1.29 bits per heavy atom. The number of hydrogen-bond donors (Lipinski definition) is 1. The van der Waals surface area contributed by atoms with Crippen LogP contribution in [0, 0.1) is 6.92 Å². The second-order valence-corrected chi connectivity index (χ2v) is 5.95. The van der Waals surface area contributed by atoms with E-state index in [9.17, 15) is 0 Å². The predicted octanol–water partition coefficient (Wildman–Crippen LogP) is 3.69.